The zero-order valence-corrected chi connectivity index (χ0v) is 16.9. The standard InChI is InChI=1S/C17H14Cl2N2O4.2ClH/c18-11-3-4-14(13(19)8-11)25-15-12(2-1-6-20-15)16(22)21-7-5-10(9-21)17(23)24;;/h1-4,6,8,10H,5,7,9H2,(H,23,24);2*1H. The summed E-state index contributed by atoms with van der Waals surface area (Å²) in [4.78, 5) is 29.4. The molecule has 1 atom stereocenters. The molecule has 27 heavy (non-hydrogen) atoms. The molecule has 0 bridgehead atoms. The second-order valence-electron chi connectivity index (χ2n) is 5.61. The minimum Gasteiger partial charge on any atom is -0.481 e. The molecule has 1 saturated heterocycles. The number of ether oxygens (including phenoxy) is 1. The van der Waals surface area contributed by atoms with Crippen molar-refractivity contribution in [2.24, 2.45) is 5.92 Å². The van der Waals surface area contributed by atoms with Crippen LogP contribution in [0, 0.1) is 5.92 Å². The highest BCUT2D eigenvalue weighted by Crippen LogP contribution is 2.32. The summed E-state index contributed by atoms with van der Waals surface area (Å²) in [5, 5.41) is 9.84. The van der Waals surface area contributed by atoms with E-state index >= 15 is 0 Å². The molecular weight excluding hydrogens is 438 g/mol. The number of aliphatic carboxylic acids is 1. The first-order valence-electron chi connectivity index (χ1n) is 7.55. The van der Waals surface area contributed by atoms with Crippen LogP contribution in [0.4, 0.5) is 0 Å². The molecular formula is C17H16Cl4N2O4. The minimum atomic E-state index is -0.897. The van der Waals surface area contributed by atoms with Crippen LogP contribution in [0.3, 0.4) is 0 Å². The van der Waals surface area contributed by atoms with Crippen molar-refractivity contribution in [1.29, 1.82) is 0 Å². The second-order valence-corrected chi connectivity index (χ2v) is 6.45. The van der Waals surface area contributed by atoms with E-state index in [-0.39, 0.29) is 48.7 Å². The van der Waals surface area contributed by atoms with Gasteiger partial charge in [0.2, 0.25) is 5.88 Å². The van der Waals surface area contributed by atoms with Crippen molar-refractivity contribution in [2.45, 2.75) is 6.42 Å². The summed E-state index contributed by atoms with van der Waals surface area (Å²) >= 11 is 12.0. The van der Waals surface area contributed by atoms with E-state index in [1.807, 2.05) is 0 Å². The Bertz CT molecular complexity index is 834. The lowest BCUT2D eigenvalue weighted by Gasteiger charge is -2.17. The Kier molecular flexibility index (Phi) is 8.62. The van der Waals surface area contributed by atoms with Gasteiger partial charge in [-0.15, -0.1) is 24.8 Å². The average Bonchev–Trinajstić information content (AvgIpc) is 3.07. The lowest BCUT2D eigenvalue weighted by atomic mass is 10.1. The van der Waals surface area contributed by atoms with Gasteiger partial charge in [0.25, 0.3) is 5.91 Å². The summed E-state index contributed by atoms with van der Waals surface area (Å²) in [6, 6.07) is 7.94. The van der Waals surface area contributed by atoms with E-state index in [1.165, 1.54) is 17.2 Å². The van der Waals surface area contributed by atoms with E-state index in [2.05, 4.69) is 4.98 Å². The topological polar surface area (TPSA) is 79.7 Å². The SMILES string of the molecule is Cl.Cl.O=C(O)C1CCN(C(=O)c2cccnc2Oc2ccc(Cl)cc2Cl)C1. The zero-order chi connectivity index (χ0) is 18.0. The molecule has 1 amide bonds. The molecule has 2 aromatic rings. The number of benzene rings is 1. The van der Waals surface area contributed by atoms with E-state index in [9.17, 15) is 9.59 Å². The van der Waals surface area contributed by atoms with Gasteiger partial charge in [0.15, 0.2) is 0 Å². The van der Waals surface area contributed by atoms with Crippen LogP contribution in [0.15, 0.2) is 36.5 Å². The van der Waals surface area contributed by atoms with Gasteiger partial charge in [0.05, 0.1) is 10.9 Å². The van der Waals surface area contributed by atoms with Gasteiger partial charge in [-0.3, -0.25) is 9.59 Å². The van der Waals surface area contributed by atoms with E-state index in [0.29, 0.717) is 28.8 Å². The van der Waals surface area contributed by atoms with Gasteiger partial charge in [-0.05, 0) is 36.8 Å². The first-order valence-corrected chi connectivity index (χ1v) is 8.31. The third kappa shape index (κ3) is 5.39. The molecule has 2 heterocycles. The quantitative estimate of drug-likeness (QED) is 0.733. The van der Waals surface area contributed by atoms with E-state index in [1.54, 1.807) is 24.3 Å². The Balaban J connectivity index is 0.00000182. The maximum absolute atomic E-state index is 12.7. The smallest absolute Gasteiger partial charge is 0.308 e. The molecule has 1 aromatic carbocycles. The number of likely N-dealkylation sites (tertiary alicyclic amines) is 1. The number of rotatable bonds is 4. The molecule has 10 heteroatoms. The van der Waals surface area contributed by atoms with Crippen LogP contribution in [-0.4, -0.2) is 40.0 Å². The predicted molar refractivity (Wildman–Crippen MR) is 107 cm³/mol. The van der Waals surface area contributed by atoms with Gasteiger partial charge in [-0.1, -0.05) is 23.2 Å². The van der Waals surface area contributed by atoms with Gasteiger partial charge >= 0.3 is 5.97 Å². The molecule has 146 valence electrons. The lowest BCUT2D eigenvalue weighted by molar-refractivity contribution is -0.141. The van der Waals surface area contributed by atoms with E-state index in [4.69, 9.17) is 33.0 Å². The van der Waals surface area contributed by atoms with Crippen molar-refractivity contribution in [1.82, 2.24) is 9.88 Å². The summed E-state index contributed by atoms with van der Waals surface area (Å²) in [5.41, 5.74) is 0.250. The summed E-state index contributed by atoms with van der Waals surface area (Å²) in [6.07, 6.45) is 1.93. The highest BCUT2D eigenvalue weighted by molar-refractivity contribution is 6.35. The van der Waals surface area contributed by atoms with Crippen LogP contribution in [0.1, 0.15) is 16.8 Å². The molecule has 1 aliphatic heterocycles. The third-order valence-corrected chi connectivity index (χ3v) is 4.46. The number of halogens is 4. The van der Waals surface area contributed by atoms with E-state index < -0.39 is 11.9 Å². The molecule has 1 fully saturated rings. The molecule has 1 aromatic heterocycles. The van der Waals surface area contributed by atoms with Crippen LogP contribution in [0.2, 0.25) is 10.0 Å². The normalized spacial score (nSPS) is 15.5. The highest BCUT2D eigenvalue weighted by atomic mass is 35.5. The largest absolute Gasteiger partial charge is 0.481 e. The lowest BCUT2D eigenvalue weighted by Crippen LogP contribution is -2.30. The molecule has 6 nitrogen and oxygen atoms in total. The average molecular weight is 454 g/mol. The van der Waals surface area contributed by atoms with Gasteiger partial charge < -0.3 is 14.7 Å². The summed E-state index contributed by atoms with van der Waals surface area (Å²) in [7, 11) is 0. The van der Waals surface area contributed by atoms with Crippen LogP contribution in [0.25, 0.3) is 0 Å². The van der Waals surface area contributed by atoms with Gasteiger partial charge in [0, 0.05) is 24.3 Å². The number of carboxylic acid groups (broad SMARTS) is 1. The maximum Gasteiger partial charge on any atom is 0.308 e. The number of hydrogen-bond acceptors (Lipinski definition) is 4. The Morgan fingerprint density at radius 3 is 2.59 bits per heavy atom. The molecule has 1 aliphatic rings. The number of nitrogens with zero attached hydrogens (tertiary/aromatic N) is 2. The Morgan fingerprint density at radius 1 is 1.22 bits per heavy atom. The first-order chi connectivity index (χ1) is 12.0. The van der Waals surface area contributed by atoms with Crippen LogP contribution >= 0.6 is 48.0 Å². The fourth-order valence-electron chi connectivity index (χ4n) is 2.61. The Morgan fingerprint density at radius 2 is 1.96 bits per heavy atom. The number of aromatic nitrogens is 1. The molecule has 0 spiro atoms. The number of pyridine rings is 1. The number of carbonyl (C=O) groups is 2. The van der Waals surface area contributed by atoms with Crippen LogP contribution in [-0.2, 0) is 4.79 Å². The van der Waals surface area contributed by atoms with Gasteiger partial charge in [-0.25, -0.2) is 4.98 Å². The maximum atomic E-state index is 12.7. The second kappa shape index (κ2) is 9.99. The van der Waals surface area contributed by atoms with Crippen molar-refractivity contribution >= 4 is 59.9 Å². The molecule has 0 aliphatic carbocycles. The summed E-state index contributed by atoms with van der Waals surface area (Å²) in [6.45, 7) is 0.552. The minimum absolute atomic E-state index is 0. The number of carboxylic acids is 1. The van der Waals surface area contributed by atoms with E-state index in [0.717, 1.165) is 0 Å². The van der Waals surface area contributed by atoms with Gasteiger partial charge in [-0.2, -0.15) is 0 Å². The van der Waals surface area contributed by atoms with Gasteiger partial charge in [0.1, 0.15) is 11.3 Å². The fraction of sp³-hybridized carbons (Fsp3) is 0.235. The molecule has 3 rings (SSSR count). The van der Waals surface area contributed by atoms with Crippen molar-refractivity contribution in [2.75, 3.05) is 13.1 Å². The van der Waals surface area contributed by atoms with Crippen LogP contribution < -0.4 is 4.74 Å². The predicted octanol–water partition coefficient (Wildman–Crippen LogP) is 4.57. The number of amides is 1. The first kappa shape index (κ1) is 23.3. The van der Waals surface area contributed by atoms with Crippen molar-refractivity contribution < 1.29 is 19.4 Å². The zero-order valence-electron chi connectivity index (χ0n) is 13.8. The van der Waals surface area contributed by atoms with Crippen molar-refractivity contribution in [3.05, 3.63) is 52.1 Å². The highest BCUT2D eigenvalue weighted by Gasteiger charge is 2.32. The monoisotopic (exact) mass is 452 g/mol. The Labute approximate surface area is 178 Å². The molecule has 1 unspecified atom stereocenters. The van der Waals surface area contributed by atoms with Crippen molar-refractivity contribution in [3.8, 4) is 11.6 Å². The summed E-state index contributed by atoms with van der Waals surface area (Å²) < 4.78 is 5.68. The Hall–Kier alpha value is -1.73. The summed E-state index contributed by atoms with van der Waals surface area (Å²) in [5.74, 6) is -1.34. The molecule has 1 N–H and O–H groups in total. The molecule has 0 radical (unpaired) electrons. The van der Waals surface area contributed by atoms with Crippen LogP contribution in [0.5, 0.6) is 11.6 Å². The number of carbonyl (C=O) groups excluding carboxylic acids is 1. The number of hydrogen-bond donors (Lipinski definition) is 1. The third-order valence-electron chi connectivity index (χ3n) is 3.93. The fourth-order valence-corrected chi connectivity index (χ4v) is 3.06. The van der Waals surface area contributed by atoms with Crippen molar-refractivity contribution in [3.63, 3.8) is 0 Å². The molecule has 0 saturated carbocycles.